The maximum Gasteiger partial charge on any atom is 0.274 e. The van der Waals surface area contributed by atoms with E-state index in [0.29, 0.717) is 0 Å². The number of nitrogens with zero attached hydrogens (tertiary/aromatic N) is 1. The van der Waals surface area contributed by atoms with Crippen LogP contribution in [0, 0.1) is 0 Å². The topological polar surface area (TPSA) is 22.1 Å². The summed E-state index contributed by atoms with van der Waals surface area (Å²) in [6.07, 6.45) is -2.47. The van der Waals surface area contributed by atoms with Gasteiger partial charge in [0.15, 0.2) is 6.61 Å². The van der Waals surface area contributed by atoms with E-state index in [-0.39, 0.29) is 10.3 Å². The summed E-state index contributed by atoms with van der Waals surface area (Å²) in [5, 5.41) is 1.96. The molecule has 1 aromatic rings. The van der Waals surface area contributed by atoms with Crippen LogP contribution in [0.1, 0.15) is 0 Å². The van der Waals surface area contributed by atoms with E-state index in [0.717, 1.165) is 11.3 Å². The maximum atomic E-state index is 11.5. The van der Waals surface area contributed by atoms with E-state index in [1.165, 1.54) is 5.38 Å². The lowest BCUT2D eigenvalue weighted by atomic mass is 10.8. The molecule has 0 atom stereocenters. The van der Waals surface area contributed by atoms with Gasteiger partial charge >= 0.3 is 0 Å². The summed E-state index contributed by atoms with van der Waals surface area (Å²) in [5.74, 6) is 0. The van der Waals surface area contributed by atoms with Crippen molar-refractivity contribution in [3.05, 3.63) is 10.5 Å². The third-order valence-electron chi connectivity index (χ3n) is 0.788. The van der Waals surface area contributed by atoms with Gasteiger partial charge < -0.3 is 4.74 Å². The van der Waals surface area contributed by atoms with Crippen LogP contribution in [0.3, 0.4) is 0 Å². The maximum absolute atomic E-state index is 11.5. The Morgan fingerprint density at radius 3 is 2.91 bits per heavy atom. The normalized spacial score (nSPS) is 10.5. The second kappa shape index (κ2) is 3.82. The number of halogens is 3. The molecule has 0 bridgehead atoms. The fourth-order valence-electron chi connectivity index (χ4n) is 0.440. The van der Waals surface area contributed by atoms with Crippen molar-refractivity contribution in [3.63, 3.8) is 0 Å². The molecular formula is C5H4ClF2NOS. The summed E-state index contributed by atoms with van der Waals surface area (Å²) in [7, 11) is 0. The third kappa shape index (κ3) is 2.98. The fraction of sp³-hybridized carbons (Fsp3) is 0.400. The molecule has 6 heteroatoms. The largest absolute Gasteiger partial charge is 0.464 e. The Morgan fingerprint density at radius 1 is 1.73 bits per heavy atom. The molecule has 1 rings (SSSR count). The average Bonchev–Trinajstić information content (AvgIpc) is 2.31. The highest BCUT2D eigenvalue weighted by molar-refractivity contribution is 7.11. The first kappa shape index (κ1) is 8.67. The number of ether oxygens (including phenoxy) is 1. The van der Waals surface area contributed by atoms with Gasteiger partial charge in [-0.25, -0.2) is 8.78 Å². The van der Waals surface area contributed by atoms with Crippen molar-refractivity contribution < 1.29 is 13.5 Å². The van der Waals surface area contributed by atoms with Gasteiger partial charge in [0, 0.05) is 5.38 Å². The number of hydrogen-bond donors (Lipinski definition) is 0. The highest BCUT2D eigenvalue weighted by Gasteiger charge is 2.05. The van der Waals surface area contributed by atoms with Crippen LogP contribution in [-0.4, -0.2) is 18.0 Å². The lowest BCUT2D eigenvalue weighted by Crippen LogP contribution is -2.06. The molecule has 0 unspecified atom stereocenters. The van der Waals surface area contributed by atoms with Crippen molar-refractivity contribution in [2.24, 2.45) is 0 Å². The van der Waals surface area contributed by atoms with Crippen molar-refractivity contribution >= 4 is 22.9 Å². The first-order valence-corrected chi connectivity index (χ1v) is 3.96. The summed E-state index contributed by atoms with van der Waals surface area (Å²) in [6, 6.07) is 0. The van der Waals surface area contributed by atoms with Crippen molar-refractivity contribution in [3.8, 4) is 5.19 Å². The number of alkyl halides is 2. The van der Waals surface area contributed by atoms with Gasteiger partial charge in [0.25, 0.3) is 11.6 Å². The van der Waals surface area contributed by atoms with E-state index in [2.05, 4.69) is 9.72 Å². The second-order valence-corrected chi connectivity index (χ2v) is 2.85. The molecule has 0 fully saturated rings. The van der Waals surface area contributed by atoms with Gasteiger partial charge in [-0.05, 0) is 0 Å². The van der Waals surface area contributed by atoms with E-state index in [1.54, 1.807) is 0 Å². The predicted octanol–water partition coefficient (Wildman–Crippen LogP) is 2.44. The quantitative estimate of drug-likeness (QED) is 0.746. The van der Waals surface area contributed by atoms with E-state index in [1.807, 2.05) is 0 Å². The van der Waals surface area contributed by atoms with Gasteiger partial charge in [0.2, 0.25) is 0 Å². The molecule has 0 saturated heterocycles. The minimum atomic E-state index is -2.47. The van der Waals surface area contributed by atoms with Gasteiger partial charge in [0.1, 0.15) is 5.15 Å². The number of hydrogen-bond acceptors (Lipinski definition) is 3. The fourth-order valence-corrected chi connectivity index (χ4v) is 1.24. The van der Waals surface area contributed by atoms with Crippen LogP contribution >= 0.6 is 22.9 Å². The number of aromatic nitrogens is 1. The molecule has 62 valence electrons. The molecule has 2 nitrogen and oxygen atoms in total. The van der Waals surface area contributed by atoms with E-state index in [4.69, 9.17) is 11.6 Å². The summed E-state index contributed by atoms with van der Waals surface area (Å²) in [4.78, 5) is 3.61. The number of thiazole rings is 1. The summed E-state index contributed by atoms with van der Waals surface area (Å²) in [5.41, 5.74) is 0. The van der Waals surface area contributed by atoms with Gasteiger partial charge in [-0.3, -0.25) is 0 Å². The molecule has 0 spiro atoms. The molecule has 0 aliphatic carbocycles. The Bertz CT molecular complexity index is 230. The molecule has 1 aromatic heterocycles. The van der Waals surface area contributed by atoms with Crippen LogP contribution < -0.4 is 4.74 Å². The van der Waals surface area contributed by atoms with E-state index in [9.17, 15) is 8.78 Å². The Morgan fingerprint density at radius 2 is 2.45 bits per heavy atom. The van der Waals surface area contributed by atoms with E-state index < -0.39 is 13.0 Å². The van der Waals surface area contributed by atoms with Crippen LogP contribution in [0.25, 0.3) is 0 Å². The Kier molecular flexibility index (Phi) is 3.02. The molecule has 0 aromatic carbocycles. The van der Waals surface area contributed by atoms with E-state index >= 15 is 0 Å². The number of rotatable bonds is 3. The van der Waals surface area contributed by atoms with Crippen molar-refractivity contribution in [1.82, 2.24) is 4.98 Å². The SMILES string of the molecule is FC(F)COc1nc(Cl)cs1. The van der Waals surface area contributed by atoms with Gasteiger partial charge in [-0.2, -0.15) is 4.98 Å². The molecule has 11 heavy (non-hydrogen) atoms. The highest BCUT2D eigenvalue weighted by atomic mass is 35.5. The van der Waals surface area contributed by atoms with Crippen LogP contribution in [0.2, 0.25) is 5.15 Å². The first-order valence-electron chi connectivity index (χ1n) is 2.70. The van der Waals surface area contributed by atoms with Crippen LogP contribution in [0.15, 0.2) is 5.38 Å². The minimum absolute atomic E-state index is 0.176. The molecule has 0 saturated carbocycles. The standard InChI is InChI=1S/C5H4ClF2NOS/c6-3-2-11-5(9-3)10-1-4(7)8/h2,4H,1H2. The second-order valence-electron chi connectivity index (χ2n) is 1.64. The molecule has 0 N–H and O–H groups in total. The monoisotopic (exact) mass is 199 g/mol. The molecule has 0 amide bonds. The average molecular weight is 200 g/mol. The van der Waals surface area contributed by atoms with Crippen LogP contribution in [0.4, 0.5) is 8.78 Å². The summed E-state index contributed by atoms with van der Waals surface area (Å²) < 4.78 is 27.7. The lowest BCUT2D eigenvalue weighted by molar-refractivity contribution is 0.0817. The van der Waals surface area contributed by atoms with Crippen LogP contribution in [-0.2, 0) is 0 Å². The van der Waals surface area contributed by atoms with Gasteiger partial charge in [-0.15, -0.1) is 0 Å². The predicted molar refractivity (Wildman–Crippen MR) is 38.6 cm³/mol. The summed E-state index contributed by atoms with van der Waals surface area (Å²) in [6.45, 7) is -0.635. The zero-order valence-electron chi connectivity index (χ0n) is 5.26. The highest BCUT2D eigenvalue weighted by Crippen LogP contribution is 2.21. The smallest absolute Gasteiger partial charge is 0.274 e. The zero-order valence-corrected chi connectivity index (χ0v) is 6.83. The Labute approximate surface area is 70.8 Å². The van der Waals surface area contributed by atoms with Crippen molar-refractivity contribution in [2.45, 2.75) is 6.43 Å². The van der Waals surface area contributed by atoms with Crippen molar-refractivity contribution in [1.29, 1.82) is 0 Å². The Hall–Kier alpha value is -0.420. The lowest BCUT2D eigenvalue weighted by Gasteiger charge is -1.98. The molecule has 1 heterocycles. The first-order chi connectivity index (χ1) is 5.18. The summed E-state index contributed by atoms with van der Waals surface area (Å²) >= 11 is 6.50. The Balaban J connectivity index is 2.39. The molecule has 0 aliphatic heterocycles. The molecular weight excluding hydrogens is 196 g/mol. The third-order valence-corrected chi connectivity index (χ3v) is 1.86. The molecule has 0 aliphatic rings. The van der Waals surface area contributed by atoms with Crippen molar-refractivity contribution in [2.75, 3.05) is 6.61 Å². The zero-order chi connectivity index (χ0) is 8.27. The van der Waals surface area contributed by atoms with Gasteiger partial charge in [-0.1, -0.05) is 22.9 Å². The molecule has 0 radical (unpaired) electrons. The minimum Gasteiger partial charge on any atom is -0.464 e. The van der Waals surface area contributed by atoms with Gasteiger partial charge in [0.05, 0.1) is 0 Å². The van der Waals surface area contributed by atoms with Crippen LogP contribution in [0.5, 0.6) is 5.19 Å².